The Morgan fingerprint density at radius 1 is 1.29 bits per heavy atom. The lowest BCUT2D eigenvalue weighted by atomic mass is 9.92. The van der Waals surface area contributed by atoms with E-state index in [1.165, 1.54) is 0 Å². The molecule has 1 aromatic heterocycles. The summed E-state index contributed by atoms with van der Waals surface area (Å²) in [5, 5.41) is 10.4. The summed E-state index contributed by atoms with van der Waals surface area (Å²) >= 11 is 0. The number of aryl methyl sites for hydroxylation is 1. The largest absolute Gasteiger partial charge is 0.481 e. The minimum absolute atomic E-state index is 0.0792. The fourth-order valence-electron chi connectivity index (χ4n) is 2.36. The minimum atomic E-state index is -0.758. The van der Waals surface area contributed by atoms with Crippen molar-refractivity contribution in [3.63, 3.8) is 0 Å². The Hall–Kier alpha value is -1.77. The highest BCUT2D eigenvalue weighted by Gasteiger charge is 2.26. The number of fused-ring (bicyclic) bond motifs is 1. The predicted octanol–water partition coefficient (Wildman–Crippen LogP) is 3.00. The van der Waals surface area contributed by atoms with Gasteiger partial charge in [0, 0.05) is 18.3 Å². The van der Waals surface area contributed by atoms with Crippen molar-refractivity contribution in [2.75, 3.05) is 0 Å². The molecule has 0 aliphatic rings. The van der Waals surface area contributed by atoms with Gasteiger partial charge in [0.2, 0.25) is 0 Å². The van der Waals surface area contributed by atoms with Crippen LogP contribution in [0.3, 0.4) is 0 Å². The molecule has 90 valence electrons. The van der Waals surface area contributed by atoms with E-state index in [4.69, 9.17) is 0 Å². The first-order valence-corrected chi connectivity index (χ1v) is 5.79. The van der Waals surface area contributed by atoms with E-state index in [0.29, 0.717) is 0 Å². The molecule has 0 spiro atoms. The first-order chi connectivity index (χ1) is 8.02. The number of carbonyl (C=O) groups is 1. The van der Waals surface area contributed by atoms with Crippen LogP contribution in [0.2, 0.25) is 0 Å². The highest BCUT2D eigenvalue weighted by molar-refractivity contribution is 5.84. The van der Waals surface area contributed by atoms with Crippen molar-refractivity contribution in [3.8, 4) is 0 Å². The quantitative estimate of drug-likeness (QED) is 0.882. The first kappa shape index (κ1) is 11.7. The third-order valence-electron chi connectivity index (χ3n) is 3.24. The van der Waals surface area contributed by atoms with Crippen molar-refractivity contribution < 1.29 is 9.90 Å². The molecule has 1 N–H and O–H groups in total. The number of benzene rings is 1. The molecule has 2 rings (SSSR count). The third kappa shape index (κ3) is 1.93. The molecule has 1 unspecified atom stereocenters. The van der Waals surface area contributed by atoms with Crippen LogP contribution in [-0.4, -0.2) is 15.6 Å². The van der Waals surface area contributed by atoms with E-state index in [0.717, 1.165) is 16.6 Å². The van der Waals surface area contributed by atoms with Crippen LogP contribution in [0.25, 0.3) is 10.9 Å². The molecule has 1 aromatic carbocycles. The van der Waals surface area contributed by atoms with Crippen molar-refractivity contribution in [1.29, 1.82) is 0 Å². The number of para-hydroxylation sites is 1. The number of carboxylic acid groups (broad SMARTS) is 1. The summed E-state index contributed by atoms with van der Waals surface area (Å²) < 4.78 is 1.98. The zero-order chi connectivity index (χ0) is 12.6. The van der Waals surface area contributed by atoms with Crippen molar-refractivity contribution in [2.45, 2.75) is 19.8 Å². The predicted molar refractivity (Wildman–Crippen MR) is 68.1 cm³/mol. The van der Waals surface area contributed by atoms with Crippen LogP contribution >= 0.6 is 0 Å². The number of aliphatic carboxylic acids is 1. The van der Waals surface area contributed by atoms with Gasteiger partial charge in [-0.15, -0.1) is 0 Å². The molecule has 0 fully saturated rings. The highest BCUT2D eigenvalue weighted by Crippen LogP contribution is 2.29. The van der Waals surface area contributed by atoms with E-state index in [-0.39, 0.29) is 5.92 Å². The molecule has 17 heavy (non-hydrogen) atoms. The van der Waals surface area contributed by atoms with Gasteiger partial charge in [-0.1, -0.05) is 32.0 Å². The van der Waals surface area contributed by atoms with Crippen molar-refractivity contribution >= 4 is 16.9 Å². The number of hydrogen-bond donors (Lipinski definition) is 1. The maximum absolute atomic E-state index is 11.4. The van der Waals surface area contributed by atoms with E-state index < -0.39 is 11.9 Å². The van der Waals surface area contributed by atoms with Gasteiger partial charge in [-0.2, -0.15) is 0 Å². The topological polar surface area (TPSA) is 42.2 Å². The second-order valence-electron chi connectivity index (χ2n) is 4.75. The van der Waals surface area contributed by atoms with E-state index in [9.17, 15) is 9.90 Å². The molecule has 0 aliphatic carbocycles. The summed E-state index contributed by atoms with van der Waals surface area (Å²) in [6.45, 7) is 3.88. The van der Waals surface area contributed by atoms with E-state index in [1.54, 1.807) is 0 Å². The molecule has 3 nitrogen and oxygen atoms in total. The summed E-state index contributed by atoms with van der Waals surface area (Å²) in [7, 11) is 1.93. The van der Waals surface area contributed by atoms with Gasteiger partial charge < -0.3 is 9.67 Å². The molecule has 0 saturated heterocycles. The summed E-state index contributed by atoms with van der Waals surface area (Å²) in [5.41, 5.74) is 1.95. The highest BCUT2D eigenvalue weighted by atomic mass is 16.4. The molecule has 0 bridgehead atoms. The summed E-state index contributed by atoms with van der Waals surface area (Å²) in [6.07, 6.45) is 0. The Labute approximate surface area is 101 Å². The van der Waals surface area contributed by atoms with Crippen LogP contribution in [-0.2, 0) is 11.8 Å². The Balaban J connectivity index is 2.61. The lowest BCUT2D eigenvalue weighted by Gasteiger charge is -2.17. The van der Waals surface area contributed by atoms with Crippen LogP contribution in [0.4, 0.5) is 0 Å². The van der Waals surface area contributed by atoms with Gasteiger partial charge in [-0.25, -0.2) is 0 Å². The molecule has 3 heteroatoms. The molecule has 1 atom stereocenters. The summed E-state index contributed by atoms with van der Waals surface area (Å²) in [4.78, 5) is 11.4. The summed E-state index contributed by atoms with van der Waals surface area (Å²) in [6, 6.07) is 9.94. The van der Waals surface area contributed by atoms with E-state index in [2.05, 4.69) is 0 Å². The van der Waals surface area contributed by atoms with E-state index in [1.807, 2.05) is 55.8 Å². The van der Waals surface area contributed by atoms with Gasteiger partial charge in [0.15, 0.2) is 0 Å². The van der Waals surface area contributed by atoms with Crippen LogP contribution in [0.5, 0.6) is 0 Å². The maximum Gasteiger partial charge on any atom is 0.312 e. The first-order valence-electron chi connectivity index (χ1n) is 5.79. The summed E-state index contributed by atoms with van der Waals surface area (Å²) in [5.74, 6) is -1.13. The van der Waals surface area contributed by atoms with Crippen LogP contribution in [0.15, 0.2) is 30.3 Å². The SMILES string of the molecule is CC(C)C(C(=O)O)c1cc2ccccc2n1C. The van der Waals surface area contributed by atoms with Crippen LogP contribution < -0.4 is 0 Å². The fraction of sp³-hybridized carbons (Fsp3) is 0.357. The van der Waals surface area contributed by atoms with Crippen LogP contribution in [0.1, 0.15) is 25.5 Å². The van der Waals surface area contributed by atoms with Gasteiger partial charge in [-0.3, -0.25) is 4.79 Å². The molecule has 0 amide bonds. The molecular weight excluding hydrogens is 214 g/mol. The number of rotatable bonds is 3. The van der Waals surface area contributed by atoms with Gasteiger partial charge in [0.25, 0.3) is 0 Å². The van der Waals surface area contributed by atoms with Gasteiger partial charge in [0.1, 0.15) is 0 Å². The monoisotopic (exact) mass is 231 g/mol. The standard InChI is InChI=1S/C14H17NO2/c1-9(2)13(14(16)17)12-8-10-6-4-5-7-11(10)15(12)3/h4-9,13H,1-3H3,(H,16,17). The Bertz CT molecular complexity index is 554. The zero-order valence-corrected chi connectivity index (χ0v) is 10.3. The van der Waals surface area contributed by atoms with E-state index >= 15 is 0 Å². The molecule has 0 saturated carbocycles. The van der Waals surface area contributed by atoms with Crippen molar-refractivity contribution in [1.82, 2.24) is 4.57 Å². The average Bonchev–Trinajstić information content (AvgIpc) is 2.56. The van der Waals surface area contributed by atoms with Crippen LogP contribution in [0, 0.1) is 5.92 Å². The zero-order valence-electron chi connectivity index (χ0n) is 10.3. The average molecular weight is 231 g/mol. The lowest BCUT2D eigenvalue weighted by Crippen LogP contribution is -2.19. The van der Waals surface area contributed by atoms with Gasteiger partial charge >= 0.3 is 5.97 Å². The van der Waals surface area contributed by atoms with Gasteiger partial charge in [-0.05, 0) is 23.4 Å². The number of aromatic nitrogens is 1. The van der Waals surface area contributed by atoms with Crippen molar-refractivity contribution in [2.24, 2.45) is 13.0 Å². The third-order valence-corrected chi connectivity index (χ3v) is 3.24. The number of carboxylic acids is 1. The molecule has 2 aromatic rings. The Morgan fingerprint density at radius 2 is 1.94 bits per heavy atom. The number of hydrogen-bond acceptors (Lipinski definition) is 1. The second-order valence-corrected chi connectivity index (χ2v) is 4.75. The smallest absolute Gasteiger partial charge is 0.312 e. The molecule has 1 heterocycles. The fourth-order valence-corrected chi connectivity index (χ4v) is 2.36. The Morgan fingerprint density at radius 3 is 2.47 bits per heavy atom. The second kappa shape index (κ2) is 4.24. The number of nitrogens with zero attached hydrogens (tertiary/aromatic N) is 1. The molecule has 0 aliphatic heterocycles. The van der Waals surface area contributed by atoms with Gasteiger partial charge in [0.05, 0.1) is 5.92 Å². The maximum atomic E-state index is 11.4. The van der Waals surface area contributed by atoms with Crippen molar-refractivity contribution in [3.05, 3.63) is 36.0 Å². The normalized spacial score (nSPS) is 13.2. The molecule has 0 radical (unpaired) electrons. The Kier molecular flexibility index (Phi) is 2.92. The molecular formula is C14H17NO2. The minimum Gasteiger partial charge on any atom is -0.481 e. The lowest BCUT2D eigenvalue weighted by molar-refractivity contribution is -0.140.